The number of nitrogens with zero attached hydrogens (tertiary/aromatic N) is 1. The summed E-state index contributed by atoms with van der Waals surface area (Å²) in [6.07, 6.45) is 0. The molecule has 0 saturated carbocycles. The van der Waals surface area contributed by atoms with Crippen LogP contribution in [0.2, 0.25) is 5.15 Å². The van der Waals surface area contributed by atoms with Crippen molar-refractivity contribution in [2.24, 2.45) is 0 Å². The average Bonchev–Trinajstić information content (AvgIpc) is 1.64. The quantitative estimate of drug-likeness (QED) is 0.484. The van der Waals surface area contributed by atoms with Crippen LogP contribution in [0, 0.1) is 13.0 Å². The van der Waals surface area contributed by atoms with E-state index in [1.807, 2.05) is 13.0 Å². The highest BCUT2D eigenvalue weighted by atomic mass is 35.5. The van der Waals surface area contributed by atoms with Gasteiger partial charge in [0.15, 0.2) is 0 Å². The Morgan fingerprint density at radius 1 is 1.75 bits per heavy atom. The maximum atomic E-state index is 5.48. The summed E-state index contributed by atoms with van der Waals surface area (Å²) >= 11 is 5.48. The normalized spacial score (nSPS) is 9.25. The number of hydrogen-bond donors (Lipinski definition) is 0. The van der Waals surface area contributed by atoms with E-state index in [1.165, 1.54) is 0 Å². The van der Waals surface area contributed by atoms with Crippen LogP contribution >= 0.6 is 11.6 Å². The molecule has 1 rings (SSSR count). The first-order chi connectivity index (χ1) is 3.79. The summed E-state index contributed by atoms with van der Waals surface area (Å²) in [6.45, 7) is 1.89. The van der Waals surface area contributed by atoms with Gasteiger partial charge in [-0.15, -0.1) is 0 Å². The Hall–Kier alpha value is -0.560. The molecule has 8 heavy (non-hydrogen) atoms. The van der Waals surface area contributed by atoms with Gasteiger partial charge in [0.05, 0.1) is 0 Å². The van der Waals surface area contributed by atoms with Gasteiger partial charge < -0.3 is 0 Å². The van der Waals surface area contributed by atoms with Gasteiger partial charge in [-0.05, 0) is 19.1 Å². The Morgan fingerprint density at radius 3 is 2.88 bits per heavy atom. The Balaban J connectivity index is 3.08. The van der Waals surface area contributed by atoms with E-state index >= 15 is 0 Å². The fraction of sp³-hybridized carbons (Fsp3) is 0.167. The second-order valence-corrected chi connectivity index (χ2v) is 1.88. The van der Waals surface area contributed by atoms with Gasteiger partial charge in [-0.25, -0.2) is 4.98 Å². The van der Waals surface area contributed by atoms with Crippen molar-refractivity contribution < 1.29 is 0 Å². The first kappa shape index (κ1) is 5.57. The van der Waals surface area contributed by atoms with Crippen molar-refractivity contribution in [2.45, 2.75) is 6.92 Å². The molecule has 0 unspecified atom stereocenters. The zero-order valence-corrected chi connectivity index (χ0v) is 5.24. The second kappa shape index (κ2) is 2.14. The standard InChI is InChI=1S/C6H5ClN/c1-5-3-2-4-6(7)8-5/h2-3H,1H3. The third-order valence-corrected chi connectivity index (χ3v) is 0.995. The van der Waals surface area contributed by atoms with E-state index in [2.05, 4.69) is 11.1 Å². The number of halogens is 1. The zero-order chi connectivity index (χ0) is 5.98. The van der Waals surface area contributed by atoms with Gasteiger partial charge >= 0.3 is 0 Å². The second-order valence-electron chi connectivity index (χ2n) is 1.52. The molecule has 0 aromatic carbocycles. The van der Waals surface area contributed by atoms with Gasteiger partial charge in [0.1, 0.15) is 5.15 Å². The van der Waals surface area contributed by atoms with Crippen molar-refractivity contribution in [1.82, 2.24) is 4.98 Å². The summed E-state index contributed by atoms with van der Waals surface area (Å²) in [5.41, 5.74) is 0.925. The lowest BCUT2D eigenvalue weighted by molar-refractivity contribution is 1.20. The molecular weight excluding hydrogens is 122 g/mol. The molecule has 0 amide bonds. The highest BCUT2D eigenvalue weighted by molar-refractivity contribution is 6.29. The molecule has 0 saturated heterocycles. The van der Waals surface area contributed by atoms with Gasteiger partial charge in [-0.3, -0.25) is 0 Å². The molecule has 0 bridgehead atoms. The predicted octanol–water partition coefficient (Wildman–Crippen LogP) is 1.84. The molecule has 1 aromatic heterocycles. The van der Waals surface area contributed by atoms with Crippen molar-refractivity contribution >= 4 is 11.6 Å². The van der Waals surface area contributed by atoms with Gasteiger partial charge in [0, 0.05) is 11.8 Å². The largest absolute Gasteiger partial charge is 0.241 e. The summed E-state index contributed by atoms with van der Waals surface area (Å²) in [5, 5.41) is 0.435. The minimum atomic E-state index is 0.435. The topological polar surface area (TPSA) is 12.9 Å². The van der Waals surface area contributed by atoms with Gasteiger partial charge in [-0.1, -0.05) is 11.6 Å². The molecule has 0 N–H and O–H groups in total. The van der Waals surface area contributed by atoms with Crippen LogP contribution in [0.1, 0.15) is 5.69 Å². The summed E-state index contributed by atoms with van der Waals surface area (Å²) in [5.74, 6) is 0. The predicted molar refractivity (Wildman–Crippen MR) is 32.8 cm³/mol. The molecule has 0 aliphatic heterocycles. The van der Waals surface area contributed by atoms with E-state index in [4.69, 9.17) is 11.6 Å². The summed E-state index contributed by atoms with van der Waals surface area (Å²) < 4.78 is 0. The molecule has 1 radical (unpaired) electrons. The molecule has 0 fully saturated rings. The van der Waals surface area contributed by atoms with Crippen LogP contribution in [0.5, 0.6) is 0 Å². The molecule has 1 heterocycles. The Morgan fingerprint density at radius 2 is 2.50 bits per heavy atom. The molecular formula is C6H5ClN. The van der Waals surface area contributed by atoms with Crippen LogP contribution in [0.15, 0.2) is 12.1 Å². The molecule has 0 atom stereocenters. The number of aromatic nitrogens is 1. The smallest absolute Gasteiger partial charge is 0.137 e. The van der Waals surface area contributed by atoms with Crippen LogP contribution in [0.3, 0.4) is 0 Å². The highest BCUT2D eigenvalue weighted by Crippen LogP contribution is 2.01. The van der Waals surface area contributed by atoms with Crippen LogP contribution in [0.25, 0.3) is 0 Å². The molecule has 0 spiro atoms. The van der Waals surface area contributed by atoms with Crippen LogP contribution < -0.4 is 0 Å². The number of pyridine rings is 1. The van der Waals surface area contributed by atoms with E-state index in [-0.39, 0.29) is 0 Å². The van der Waals surface area contributed by atoms with Crippen LogP contribution in [-0.2, 0) is 0 Å². The molecule has 41 valence electrons. The van der Waals surface area contributed by atoms with E-state index in [0.717, 1.165) is 5.69 Å². The highest BCUT2D eigenvalue weighted by Gasteiger charge is 1.85. The number of hydrogen-bond acceptors (Lipinski definition) is 1. The number of rotatable bonds is 0. The van der Waals surface area contributed by atoms with Crippen molar-refractivity contribution in [3.63, 3.8) is 0 Å². The molecule has 0 aliphatic carbocycles. The molecule has 1 nitrogen and oxygen atoms in total. The van der Waals surface area contributed by atoms with Crippen molar-refractivity contribution in [3.05, 3.63) is 29.0 Å². The molecule has 0 aliphatic rings. The third-order valence-electron chi connectivity index (χ3n) is 0.801. The van der Waals surface area contributed by atoms with E-state index in [0.29, 0.717) is 5.15 Å². The Kier molecular flexibility index (Phi) is 1.49. The van der Waals surface area contributed by atoms with E-state index < -0.39 is 0 Å². The Labute approximate surface area is 53.3 Å². The minimum Gasteiger partial charge on any atom is -0.241 e. The van der Waals surface area contributed by atoms with Crippen LogP contribution in [0.4, 0.5) is 0 Å². The van der Waals surface area contributed by atoms with Crippen molar-refractivity contribution in [2.75, 3.05) is 0 Å². The first-order valence-electron chi connectivity index (χ1n) is 2.30. The SMILES string of the molecule is Cc1cc[c]c(Cl)n1. The third kappa shape index (κ3) is 1.20. The maximum absolute atomic E-state index is 5.48. The fourth-order valence-corrected chi connectivity index (χ4v) is 0.652. The lowest BCUT2D eigenvalue weighted by atomic mass is 10.4. The van der Waals surface area contributed by atoms with Gasteiger partial charge in [0.2, 0.25) is 0 Å². The lowest BCUT2D eigenvalue weighted by Gasteiger charge is -1.87. The lowest BCUT2D eigenvalue weighted by Crippen LogP contribution is -1.77. The molecule has 1 aromatic rings. The molecule has 2 heteroatoms. The zero-order valence-electron chi connectivity index (χ0n) is 4.48. The summed E-state index contributed by atoms with van der Waals surface area (Å²) in [4.78, 5) is 3.88. The average molecular weight is 127 g/mol. The van der Waals surface area contributed by atoms with Gasteiger partial charge in [0.25, 0.3) is 0 Å². The van der Waals surface area contributed by atoms with Crippen molar-refractivity contribution in [3.8, 4) is 0 Å². The summed E-state index contributed by atoms with van der Waals surface area (Å²) in [6, 6.07) is 6.33. The first-order valence-corrected chi connectivity index (χ1v) is 2.67. The number of aryl methyl sites for hydroxylation is 1. The minimum absolute atomic E-state index is 0.435. The maximum Gasteiger partial charge on any atom is 0.137 e. The Bertz CT molecular complexity index is 168. The summed E-state index contributed by atoms with van der Waals surface area (Å²) in [7, 11) is 0. The van der Waals surface area contributed by atoms with Gasteiger partial charge in [-0.2, -0.15) is 0 Å². The van der Waals surface area contributed by atoms with E-state index in [1.54, 1.807) is 6.07 Å². The van der Waals surface area contributed by atoms with E-state index in [9.17, 15) is 0 Å². The monoisotopic (exact) mass is 126 g/mol. The fourth-order valence-electron chi connectivity index (χ4n) is 0.455. The van der Waals surface area contributed by atoms with Crippen molar-refractivity contribution in [1.29, 1.82) is 0 Å². The van der Waals surface area contributed by atoms with Crippen LogP contribution in [-0.4, -0.2) is 4.98 Å².